The van der Waals surface area contributed by atoms with E-state index in [2.05, 4.69) is 33.4 Å². The van der Waals surface area contributed by atoms with Crippen LogP contribution in [0.25, 0.3) is 10.6 Å². The maximum Gasteiger partial charge on any atom is 0.233 e. The topological polar surface area (TPSA) is 101 Å². The molecule has 0 amide bonds. The molecule has 2 aromatic heterocycles. The van der Waals surface area contributed by atoms with Crippen LogP contribution in [0, 0.1) is 11.8 Å². The molecule has 1 fully saturated rings. The summed E-state index contributed by atoms with van der Waals surface area (Å²) in [6.07, 6.45) is 3.09. The van der Waals surface area contributed by atoms with Gasteiger partial charge in [0.1, 0.15) is 16.6 Å². The minimum atomic E-state index is -3.45. The number of thiazole rings is 1. The number of aromatic nitrogens is 2. The quantitative estimate of drug-likeness (QED) is 0.413. The third-order valence-electron chi connectivity index (χ3n) is 6.57. The van der Waals surface area contributed by atoms with Gasteiger partial charge in [-0.2, -0.15) is 0 Å². The zero-order chi connectivity index (χ0) is 24.5. The lowest BCUT2D eigenvalue weighted by Crippen LogP contribution is -2.23. The van der Waals surface area contributed by atoms with Gasteiger partial charge in [0.2, 0.25) is 10.0 Å². The number of sulfonamides is 1. The number of nitrogens with zero attached hydrogens (tertiary/aromatic N) is 3. The van der Waals surface area contributed by atoms with Gasteiger partial charge >= 0.3 is 0 Å². The van der Waals surface area contributed by atoms with Crippen molar-refractivity contribution < 1.29 is 8.42 Å². The first kappa shape index (κ1) is 24.6. The van der Waals surface area contributed by atoms with Crippen LogP contribution in [0.4, 0.5) is 11.6 Å². The van der Waals surface area contributed by atoms with Gasteiger partial charge in [-0.25, -0.2) is 18.4 Å². The van der Waals surface area contributed by atoms with Crippen molar-refractivity contribution in [3.63, 3.8) is 0 Å². The van der Waals surface area contributed by atoms with Crippen LogP contribution < -0.4 is 15.4 Å². The standard InChI is InChI=1S/C25H33N5O2S2/c1-5-34(31,32)29-22-12-19(13-23(28-22)30(4)15-20-11-16(20)2)25-27-14-21(33-25)17(3)24(26)18-9-7-6-8-10-18/h6-10,12-14,16-17,20,24H,5,11,15,26H2,1-4H3,(H,28,29). The minimum absolute atomic E-state index is 0.0139. The van der Waals surface area contributed by atoms with Crippen LogP contribution in [-0.4, -0.2) is 37.7 Å². The summed E-state index contributed by atoms with van der Waals surface area (Å²) >= 11 is 1.58. The lowest BCUT2D eigenvalue weighted by Gasteiger charge is -2.20. The summed E-state index contributed by atoms with van der Waals surface area (Å²) < 4.78 is 27.1. The van der Waals surface area contributed by atoms with E-state index >= 15 is 0 Å². The maximum atomic E-state index is 12.2. The Balaban J connectivity index is 1.63. The summed E-state index contributed by atoms with van der Waals surface area (Å²) in [5.74, 6) is 2.50. The molecule has 1 aliphatic rings. The maximum absolute atomic E-state index is 12.2. The molecule has 4 rings (SSSR count). The first-order chi connectivity index (χ1) is 16.2. The Labute approximate surface area is 206 Å². The van der Waals surface area contributed by atoms with Crippen molar-refractivity contribution in [3.05, 3.63) is 59.1 Å². The molecule has 0 spiro atoms. The first-order valence-corrected chi connectivity index (χ1v) is 14.1. The molecule has 3 N–H and O–H groups in total. The minimum Gasteiger partial charge on any atom is -0.359 e. The average molecular weight is 500 g/mol. The summed E-state index contributed by atoms with van der Waals surface area (Å²) in [7, 11) is -1.44. The fourth-order valence-electron chi connectivity index (χ4n) is 3.99. The lowest BCUT2D eigenvalue weighted by atomic mass is 9.95. The molecule has 182 valence electrons. The Kier molecular flexibility index (Phi) is 7.25. The SMILES string of the molecule is CCS(=O)(=O)Nc1cc(-c2ncc(C(C)C(N)c3ccccc3)s2)cc(N(C)CC2CC2C)n1. The highest BCUT2D eigenvalue weighted by molar-refractivity contribution is 7.92. The van der Waals surface area contributed by atoms with Gasteiger partial charge in [0.05, 0.1) is 5.75 Å². The third kappa shape index (κ3) is 5.76. The zero-order valence-corrected chi connectivity index (χ0v) is 21.7. The largest absolute Gasteiger partial charge is 0.359 e. The Bertz CT molecular complexity index is 1230. The van der Waals surface area contributed by atoms with Crippen LogP contribution in [0.5, 0.6) is 0 Å². The van der Waals surface area contributed by atoms with Crippen LogP contribution >= 0.6 is 11.3 Å². The number of rotatable bonds is 10. The fraction of sp³-hybridized carbons (Fsp3) is 0.440. The van der Waals surface area contributed by atoms with E-state index in [0.29, 0.717) is 11.7 Å². The molecule has 7 nitrogen and oxygen atoms in total. The Morgan fingerprint density at radius 2 is 1.97 bits per heavy atom. The third-order valence-corrected chi connectivity index (χ3v) is 9.10. The van der Waals surface area contributed by atoms with Crippen LogP contribution in [-0.2, 0) is 10.0 Å². The monoisotopic (exact) mass is 499 g/mol. The van der Waals surface area contributed by atoms with Crippen LogP contribution in [0.15, 0.2) is 48.7 Å². The van der Waals surface area contributed by atoms with Crippen molar-refractivity contribution in [1.29, 1.82) is 0 Å². The predicted octanol–water partition coefficient (Wildman–Crippen LogP) is 4.86. The second-order valence-corrected chi connectivity index (χ2v) is 12.3. The van der Waals surface area contributed by atoms with Gasteiger partial charge in [0.25, 0.3) is 0 Å². The van der Waals surface area contributed by atoms with Gasteiger partial charge in [-0.3, -0.25) is 4.72 Å². The Morgan fingerprint density at radius 3 is 2.62 bits per heavy atom. The number of benzene rings is 1. The van der Waals surface area contributed by atoms with Crippen LogP contribution in [0.3, 0.4) is 0 Å². The molecule has 1 aromatic carbocycles. The second-order valence-electron chi connectivity index (χ2n) is 9.25. The number of nitrogens with two attached hydrogens (primary N) is 1. The smallest absolute Gasteiger partial charge is 0.233 e. The van der Waals surface area contributed by atoms with E-state index in [0.717, 1.165) is 39.3 Å². The van der Waals surface area contributed by atoms with Crippen molar-refractivity contribution in [1.82, 2.24) is 9.97 Å². The molecule has 2 heterocycles. The molecule has 3 aromatic rings. The normalized spacial score (nSPS) is 19.4. The highest BCUT2D eigenvalue weighted by Gasteiger charge is 2.33. The number of hydrogen-bond acceptors (Lipinski definition) is 7. The molecule has 0 aliphatic heterocycles. The van der Waals surface area contributed by atoms with Gasteiger partial charge in [-0.15, -0.1) is 11.3 Å². The number of hydrogen-bond donors (Lipinski definition) is 2. The molecule has 4 unspecified atom stereocenters. The highest BCUT2D eigenvalue weighted by Crippen LogP contribution is 2.40. The molecular weight excluding hydrogens is 466 g/mol. The number of nitrogens with one attached hydrogen (secondary N) is 1. The first-order valence-electron chi connectivity index (χ1n) is 11.7. The molecule has 9 heteroatoms. The molecule has 0 bridgehead atoms. The van der Waals surface area contributed by atoms with E-state index in [1.54, 1.807) is 24.3 Å². The van der Waals surface area contributed by atoms with Crippen LogP contribution in [0.1, 0.15) is 49.6 Å². The zero-order valence-electron chi connectivity index (χ0n) is 20.1. The molecule has 4 atom stereocenters. The number of anilines is 2. The van der Waals surface area contributed by atoms with E-state index in [1.165, 1.54) is 6.42 Å². The van der Waals surface area contributed by atoms with Gasteiger partial charge in [0, 0.05) is 42.2 Å². The molecular formula is C25H33N5O2S2. The van der Waals surface area contributed by atoms with Crippen molar-refractivity contribution in [2.75, 3.05) is 29.0 Å². The van der Waals surface area contributed by atoms with E-state index in [-0.39, 0.29) is 17.7 Å². The lowest BCUT2D eigenvalue weighted by molar-refractivity contribution is 0.602. The van der Waals surface area contributed by atoms with Gasteiger partial charge in [-0.05, 0) is 42.9 Å². The molecule has 0 saturated heterocycles. The van der Waals surface area contributed by atoms with Crippen molar-refractivity contribution in [2.45, 2.75) is 39.2 Å². The van der Waals surface area contributed by atoms with Gasteiger partial charge in [-0.1, -0.05) is 44.2 Å². The van der Waals surface area contributed by atoms with E-state index in [1.807, 2.05) is 49.6 Å². The second kappa shape index (κ2) is 10.0. The summed E-state index contributed by atoms with van der Waals surface area (Å²) in [6, 6.07) is 13.7. The van der Waals surface area contributed by atoms with E-state index in [9.17, 15) is 8.42 Å². The molecule has 34 heavy (non-hydrogen) atoms. The van der Waals surface area contributed by atoms with Crippen molar-refractivity contribution in [2.24, 2.45) is 17.6 Å². The van der Waals surface area contributed by atoms with Gasteiger partial charge in [0.15, 0.2) is 0 Å². The summed E-state index contributed by atoms with van der Waals surface area (Å²) in [6.45, 7) is 6.86. The predicted molar refractivity (Wildman–Crippen MR) is 141 cm³/mol. The Hall–Kier alpha value is -2.49. The Morgan fingerprint density at radius 1 is 1.26 bits per heavy atom. The van der Waals surface area contributed by atoms with Gasteiger partial charge < -0.3 is 10.6 Å². The highest BCUT2D eigenvalue weighted by atomic mass is 32.2. The molecule has 1 aliphatic carbocycles. The van der Waals surface area contributed by atoms with E-state index < -0.39 is 10.0 Å². The summed E-state index contributed by atoms with van der Waals surface area (Å²) in [5, 5.41) is 0.816. The summed E-state index contributed by atoms with van der Waals surface area (Å²) in [4.78, 5) is 12.5. The summed E-state index contributed by atoms with van der Waals surface area (Å²) in [5.41, 5.74) is 8.47. The van der Waals surface area contributed by atoms with Crippen molar-refractivity contribution in [3.8, 4) is 10.6 Å². The van der Waals surface area contributed by atoms with E-state index in [4.69, 9.17) is 5.73 Å². The van der Waals surface area contributed by atoms with Crippen molar-refractivity contribution >= 4 is 33.0 Å². The molecule has 0 radical (unpaired) electrons. The fourth-order valence-corrected chi connectivity index (χ4v) is 5.56. The van der Waals surface area contributed by atoms with Crippen LogP contribution in [0.2, 0.25) is 0 Å². The average Bonchev–Trinajstić information content (AvgIpc) is 3.31. The number of pyridine rings is 1. The molecule has 1 saturated carbocycles.